The van der Waals surface area contributed by atoms with E-state index in [0.717, 1.165) is 43.2 Å². The lowest BCUT2D eigenvalue weighted by Gasteiger charge is -2.28. The monoisotopic (exact) mass is 456 g/mol. The number of hydrogen-bond donors (Lipinski definition) is 3. The molecule has 0 radical (unpaired) electrons. The minimum atomic E-state index is -1.53. The molecule has 0 aliphatic carbocycles. The van der Waals surface area contributed by atoms with Gasteiger partial charge in [-0.15, -0.1) is 0 Å². The second-order valence-corrected chi connectivity index (χ2v) is 8.69. The summed E-state index contributed by atoms with van der Waals surface area (Å²) in [7, 11) is 0. The summed E-state index contributed by atoms with van der Waals surface area (Å²) >= 11 is 0. The van der Waals surface area contributed by atoms with E-state index in [1.165, 1.54) is 6.92 Å². The summed E-state index contributed by atoms with van der Waals surface area (Å²) in [5.74, 6) is 0.193. The molecular formula is C25H24N6O3. The van der Waals surface area contributed by atoms with Crippen LogP contribution in [0.3, 0.4) is 0 Å². The standard InChI is InChI=1S/C25H24N6O3/c1-25(33)19-7-2-16(14-20(19)29-24(25)32)21-15-31-9-8-26-23(31)22(28-21)27-17-3-5-18(6-4-17)30-10-12-34-13-11-30/h2-9,14-15,33H,10-13H2,1H3,(H,27,28)(H,29,32). The van der Waals surface area contributed by atoms with Crippen molar-refractivity contribution in [2.24, 2.45) is 0 Å². The highest BCUT2D eigenvalue weighted by Crippen LogP contribution is 2.38. The summed E-state index contributed by atoms with van der Waals surface area (Å²) in [6, 6.07) is 13.7. The quantitative estimate of drug-likeness (QED) is 0.433. The third kappa shape index (κ3) is 3.46. The van der Waals surface area contributed by atoms with Crippen molar-refractivity contribution in [3.63, 3.8) is 0 Å². The maximum Gasteiger partial charge on any atom is 0.260 e. The molecule has 0 saturated carbocycles. The van der Waals surface area contributed by atoms with Gasteiger partial charge in [-0.25, -0.2) is 9.97 Å². The third-order valence-corrected chi connectivity index (χ3v) is 6.41. The number of ether oxygens (including phenoxy) is 1. The second kappa shape index (κ2) is 7.82. The molecule has 9 nitrogen and oxygen atoms in total. The smallest absolute Gasteiger partial charge is 0.260 e. The molecule has 172 valence electrons. The van der Waals surface area contributed by atoms with Crippen LogP contribution in [-0.4, -0.2) is 51.7 Å². The van der Waals surface area contributed by atoms with Crippen molar-refractivity contribution >= 4 is 34.4 Å². The fraction of sp³-hybridized carbons (Fsp3) is 0.240. The molecule has 1 amide bonds. The number of carbonyl (C=O) groups excluding carboxylic acids is 1. The van der Waals surface area contributed by atoms with Crippen molar-refractivity contribution in [3.05, 3.63) is 66.6 Å². The Bertz CT molecular complexity index is 1390. The Morgan fingerprint density at radius 2 is 1.94 bits per heavy atom. The van der Waals surface area contributed by atoms with Crippen LogP contribution in [0, 0.1) is 0 Å². The Balaban J connectivity index is 1.32. The molecule has 2 aliphatic heterocycles. The van der Waals surface area contributed by atoms with Crippen molar-refractivity contribution in [1.82, 2.24) is 14.4 Å². The van der Waals surface area contributed by atoms with E-state index in [1.807, 2.05) is 41.1 Å². The number of imidazole rings is 1. The number of anilines is 4. The van der Waals surface area contributed by atoms with Gasteiger partial charge in [0.25, 0.3) is 5.91 Å². The van der Waals surface area contributed by atoms with Crippen LogP contribution in [0.5, 0.6) is 0 Å². The van der Waals surface area contributed by atoms with Crippen LogP contribution in [-0.2, 0) is 15.1 Å². The number of carbonyl (C=O) groups is 1. The van der Waals surface area contributed by atoms with Gasteiger partial charge in [0.15, 0.2) is 17.1 Å². The van der Waals surface area contributed by atoms with Gasteiger partial charge in [-0.05, 0) is 37.3 Å². The fourth-order valence-electron chi connectivity index (χ4n) is 4.47. The van der Waals surface area contributed by atoms with Crippen molar-refractivity contribution in [2.75, 3.05) is 41.8 Å². The molecule has 3 N–H and O–H groups in total. The largest absolute Gasteiger partial charge is 0.378 e. The molecule has 6 rings (SSSR count). The van der Waals surface area contributed by atoms with Gasteiger partial charge in [0.1, 0.15) is 0 Å². The highest BCUT2D eigenvalue weighted by molar-refractivity contribution is 6.05. The van der Waals surface area contributed by atoms with E-state index in [-0.39, 0.29) is 0 Å². The van der Waals surface area contributed by atoms with Crippen LogP contribution >= 0.6 is 0 Å². The number of nitrogens with zero attached hydrogens (tertiary/aromatic N) is 4. The topological polar surface area (TPSA) is 104 Å². The van der Waals surface area contributed by atoms with Crippen LogP contribution < -0.4 is 15.5 Å². The molecule has 0 spiro atoms. The van der Waals surface area contributed by atoms with Gasteiger partial charge in [-0.1, -0.05) is 12.1 Å². The first kappa shape index (κ1) is 20.6. The number of aliphatic hydroxyl groups is 1. The van der Waals surface area contributed by atoms with Gasteiger partial charge in [-0.3, -0.25) is 4.79 Å². The number of benzene rings is 2. The third-order valence-electron chi connectivity index (χ3n) is 6.41. The molecule has 0 bridgehead atoms. The predicted molar refractivity (Wildman–Crippen MR) is 129 cm³/mol. The molecule has 1 saturated heterocycles. The summed E-state index contributed by atoms with van der Waals surface area (Å²) < 4.78 is 7.35. The van der Waals surface area contributed by atoms with Crippen molar-refractivity contribution in [3.8, 4) is 11.3 Å². The van der Waals surface area contributed by atoms with E-state index in [4.69, 9.17) is 9.72 Å². The number of rotatable bonds is 4. The molecule has 2 aliphatic rings. The molecule has 34 heavy (non-hydrogen) atoms. The van der Waals surface area contributed by atoms with Gasteiger partial charge in [-0.2, -0.15) is 0 Å². The van der Waals surface area contributed by atoms with Crippen molar-refractivity contribution < 1.29 is 14.6 Å². The van der Waals surface area contributed by atoms with E-state index in [2.05, 4.69) is 32.7 Å². The number of fused-ring (bicyclic) bond motifs is 2. The molecular weight excluding hydrogens is 432 g/mol. The normalized spacial score (nSPS) is 19.8. The lowest BCUT2D eigenvalue weighted by atomic mass is 9.96. The van der Waals surface area contributed by atoms with Gasteiger partial charge in [0.05, 0.1) is 18.9 Å². The predicted octanol–water partition coefficient (Wildman–Crippen LogP) is 3.14. The molecule has 9 heteroatoms. The van der Waals surface area contributed by atoms with Crippen molar-refractivity contribution in [2.45, 2.75) is 12.5 Å². The number of hydrogen-bond acceptors (Lipinski definition) is 7. The molecule has 1 fully saturated rings. The molecule has 2 aromatic heterocycles. The van der Waals surface area contributed by atoms with Gasteiger partial charge >= 0.3 is 0 Å². The maximum atomic E-state index is 12.1. The average Bonchev–Trinajstić information content (AvgIpc) is 3.42. The number of aromatic nitrogens is 3. The zero-order chi connectivity index (χ0) is 23.3. The van der Waals surface area contributed by atoms with E-state index in [9.17, 15) is 9.90 Å². The molecule has 2 aromatic carbocycles. The minimum absolute atomic E-state index is 0.430. The van der Waals surface area contributed by atoms with Gasteiger partial charge < -0.3 is 29.8 Å². The number of morpholine rings is 1. The zero-order valence-corrected chi connectivity index (χ0v) is 18.7. The fourth-order valence-corrected chi connectivity index (χ4v) is 4.47. The summed E-state index contributed by atoms with van der Waals surface area (Å²) in [5.41, 5.74) is 3.92. The maximum absolute atomic E-state index is 12.1. The van der Waals surface area contributed by atoms with Gasteiger partial charge in [0.2, 0.25) is 0 Å². The van der Waals surface area contributed by atoms with Crippen LogP contribution in [0.4, 0.5) is 22.9 Å². The van der Waals surface area contributed by atoms with E-state index in [0.29, 0.717) is 28.4 Å². The molecule has 4 aromatic rings. The summed E-state index contributed by atoms with van der Waals surface area (Å²) in [6.07, 6.45) is 5.49. The van der Waals surface area contributed by atoms with Crippen molar-refractivity contribution in [1.29, 1.82) is 0 Å². The highest BCUT2D eigenvalue weighted by Gasteiger charge is 2.40. The van der Waals surface area contributed by atoms with Crippen LogP contribution in [0.2, 0.25) is 0 Å². The number of amides is 1. The van der Waals surface area contributed by atoms with Crippen LogP contribution in [0.25, 0.3) is 16.9 Å². The summed E-state index contributed by atoms with van der Waals surface area (Å²) in [5, 5.41) is 16.6. The Labute approximate surface area is 196 Å². The van der Waals surface area contributed by atoms with Gasteiger partial charge in [0, 0.05) is 59.9 Å². The Morgan fingerprint density at radius 1 is 1.15 bits per heavy atom. The summed E-state index contributed by atoms with van der Waals surface area (Å²) in [4.78, 5) is 23.7. The van der Waals surface area contributed by atoms with E-state index >= 15 is 0 Å². The summed E-state index contributed by atoms with van der Waals surface area (Å²) in [6.45, 7) is 4.77. The SMILES string of the molecule is CC1(O)C(=O)Nc2cc(-c3cn4ccnc4c(Nc4ccc(N5CCOCC5)cc4)n3)ccc21. The first-order valence-corrected chi connectivity index (χ1v) is 11.2. The zero-order valence-electron chi connectivity index (χ0n) is 18.7. The Hall–Kier alpha value is -3.95. The van der Waals surface area contributed by atoms with Crippen LogP contribution in [0.1, 0.15) is 12.5 Å². The average molecular weight is 457 g/mol. The first-order valence-electron chi connectivity index (χ1n) is 11.2. The number of nitrogens with one attached hydrogen (secondary N) is 2. The van der Waals surface area contributed by atoms with E-state index < -0.39 is 11.5 Å². The first-order chi connectivity index (χ1) is 16.5. The van der Waals surface area contributed by atoms with Crippen LogP contribution in [0.15, 0.2) is 61.1 Å². The minimum Gasteiger partial charge on any atom is -0.378 e. The Kier molecular flexibility index (Phi) is 4.75. The Morgan fingerprint density at radius 3 is 2.74 bits per heavy atom. The molecule has 1 unspecified atom stereocenters. The second-order valence-electron chi connectivity index (χ2n) is 8.69. The lowest BCUT2D eigenvalue weighted by molar-refractivity contribution is -0.131. The molecule has 4 heterocycles. The lowest BCUT2D eigenvalue weighted by Crippen LogP contribution is -2.36. The molecule has 1 atom stereocenters. The highest BCUT2D eigenvalue weighted by atomic mass is 16.5. The van der Waals surface area contributed by atoms with E-state index in [1.54, 1.807) is 12.3 Å².